The molecule has 0 amide bonds. The second kappa shape index (κ2) is 5.49. The van der Waals surface area contributed by atoms with Crippen molar-refractivity contribution < 1.29 is 8.42 Å². The molecule has 92 valence electrons. The number of halogens is 1. The molecule has 0 bridgehead atoms. The molecule has 0 saturated heterocycles. The molecule has 1 N–H and O–H groups in total. The molecule has 0 spiro atoms. The molecule has 1 rings (SSSR count). The predicted octanol–water partition coefficient (Wildman–Crippen LogP) is 2.49. The first-order valence-corrected chi connectivity index (χ1v) is 8.18. The van der Waals surface area contributed by atoms with Gasteiger partial charge >= 0.3 is 0 Å². The average molecular weight is 282 g/mol. The van der Waals surface area contributed by atoms with Gasteiger partial charge < -0.3 is 5.32 Å². The van der Waals surface area contributed by atoms with Crippen LogP contribution in [-0.2, 0) is 9.84 Å². The first-order valence-electron chi connectivity index (χ1n) is 5.03. The van der Waals surface area contributed by atoms with Crippen LogP contribution in [-0.4, -0.2) is 26.5 Å². The maximum Gasteiger partial charge on any atom is 0.151 e. The van der Waals surface area contributed by atoms with Crippen molar-refractivity contribution in [1.29, 1.82) is 0 Å². The number of hydrogen-bond acceptors (Lipinski definition) is 4. The maximum absolute atomic E-state index is 11.6. The zero-order valence-corrected chi connectivity index (χ0v) is 11.9. The van der Waals surface area contributed by atoms with Gasteiger partial charge in [-0.05, 0) is 25.6 Å². The van der Waals surface area contributed by atoms with Crippen LogP contribution in [0.1, 0.15) is 24.8 Å². The van der Waals surface area contributed by atoms with Crippen molar-refractivity contribution in [1.82, 2.24) is 5.32 Å². The van der Waals surface area contributed by atoms with Crippen LogP contribution in [0.25, 0.3) is 0 Å². The Balaban J connectivity index is 3.00. The summed E-state index contributed by atoms with van der Waals surface area (Å²) in [5.74, 6) is 0. The zero-order valence-electron chi connectivity index (χ0n) is 9.53. The van der Waals surface area contributed by atoms with Crippen molar-refractivity contribution in [2.45, 2.75) is 25.1 Å². The summed E-state index contributed by atoms with van der Waals surface area (Å²) in [6, 6.07) is 3.49. The minimum atomic E-state index is -3.06. The van der Waals surface area contributed by atoms with Crippen molar-refractivity contribution in [3.05, 3.63) is 21.3 Å². The number of nitrogens with one attached hydrogen (secondary N) is 1. The van der Waals surface area contributed by atoms with E-state index < -0.39 is 15.1 Å². The summed E-state index contributed by atoms with van der Waals surface area (Å²) in [5.41, 5.74) is 0. The van der Waals surface area contributed by atoms with Crippen molar-refractivity contribution in [2.75, 3.05) is 12.8 Å². The molecule has 2 unspecified atom stereocenters. The molecule has 0 radical (unpaired) electrons. The Hall–Kier alpha value is -0.100. The predicted molar refractivity (Wildman–Crippen MR) is 70.1 cm³/mol. The molecule has 0 aliphatic carbocycles. The van der Waals surface area contributed by atoms with E-state index in [1.807, 2.05) is 13.0 Å². The SMILES string of the molecule is CCNC(c1ccc(Cl)s1)C(C)S(C)(=O)=O. The minimum absolute atomic E-state index is 0.183. The normalized spacial score (nSPS) is 16.0. The fourth-order valence-electron chi connectivity index (χ4n) is 1.46. The third-order valence-electron chi connectivity index (χ3n) is 2.47. The van der Waals surface area contributed by atoms with Crippen LogP contribution in [0.3, 0.4) is 0 Å². The molecule has 1 heterocycles. The monoisotopic (exact) mass is 281 g/mol. The van der Waals surface area contributed by atoms with Crippen LogP contribution < -0.4 is 5.32 Å². The first-order chi connectivity index (χ1) is 7.36. The molecule has 3 nitrogen and oxygen atoms in total. The molecule has 2 atom stereocenters. The highest BCUT2D eigenvalue weighted by atomic mass is 35.5. The molecule has 1 aromatic rings. The van der Waals surface area contributed by atoms with Gasteiger partial charge in [0, 0.05) is 11.1 Å². The lowest BCUT2D eigenvalue weighted by atomic mass is 10.2. The number of hydrogen-bond donors (Lipinski definition) is 1. The molecule has 0 aliphatic rings. The summed E-state index contributed by atoms with van der Waals surface area (Å²) in [7, 11) is -3.06. The van der Waals surface area contributed by atoms with E-state index in [9.17, 15) is 8.42 Å². The van der Waals surface area contributed by atoms with Gasteiger partial charge in [0.25, 0.3) is 0 Å². The summed E-state index contributed by atoms with van der Waals surface area (Å²) >= 11 is 7.28. The van der Waals surface area contributed by atoms with Gasteiger partial charge in [0.15, 0.2) is 9.84 Å². The molecule has 1 aromatic heterocycles. The van der Waals surface area contributed by atoms with Crippen LogP contribution in [0.4, 0.5) is 0 Å². The molecule has 0 saturated carbocycles. The Morgan fingerprint density at radius 2 is 2.12 bits per heavy atom. The highest BCUT2D eigenvalue weighted by Crippen LogP contribution is 2.30. The second-order valence-corrected chi connectivity index (χ2v) is 7.86. The second-order valence-electron chi connectivity index (χ2n) is 3.71. The largest absolute Gasteiger partial charge is 0.308 e. The smallest absolute Gasteiger partial charge is 0.151 e. The Morgan fingerprint density at radius 1 is 1.50 bits per heavy atom. The molecular formula is C10H16ClNO2S2. The summed E-state index contributed by atoms with van der Waals surface area (Å²) in [4.78, 5) is 0.963. The van der Waals surface area contributed by atoms with Gasteiger partial charge in [-0.1, -0.05) is 18.5 Å². The van der Waals surface area contributed by atoms with E-state index in [1.54, 1.807) is 13.0 Å². The summed E-state index contributed by atoms with van der Waals surface area (Å²) in [6.07, 6.45) is 1.26. The quantitative estimate of drug-likeness (QED) is 0.902. The molecular weight excluding hydrogens is 266 g/mol. The van der Waals surface area contributed by atoms with E-state index in [0.717, 1.165) is 11.4 Å². The van der Waals surface area contributed by atoms with Crippen molar-refractivity contribution in [2.24, 2.45) is 0 Å². The highest BCUT2D eigenvalue weighted by molar-refractivity contribution is 7.91. The Labute approximate surface area is 106 Å². The van der Waals surface area contributed by atoms with Crippen LogP contribution in [0.15, 0.2) is 12.1 Å². The van der Waals surface area contributed by atoms with Gasteiger partial charge in [-0.25, -0.2) is 8.42 Å². The van der Waals surface area contributed by atoms with Crippen LogP contribution in [0.5, 0.6) is 0 Å². The van der Waals surface area contributed by atoms with Crippen molar-refractivity contribution in [3.63, 3.8) is 0 Å². The molecule has 6 heteroatoms. The van der Waals surface area contributed by atoms with E-state index in [-0.39, 0.29) is 6.04 Å². The number of thiophene rings is 1. The van der Waals surface area contributed by atoms with Gasteiger partial charge in [0.1, 0.15) is 0 Å². The number of sulfone groups is 1. The average Bonchev–Trinajstić information content (AvgIpc) is 2.58. The van der Waals surface area contributed by atoms with E-state index in [4.69, 9.17) is 11.6 Å². The Bertz CT molecular complexity index is 441. The standard InChI is InChI=1S/C10H16ClNO2S2/c1-4-12-10(7(2)16(3,13)14)8-5-6-9(11)15-8/h5-7,10,12H,4H2,1-3H3. The van der Waals surface area contributed by atoms with E-state index in [2.05, 4.69) is 5.32 Å². The van der Waals surface area contributed by atoms with Gasteiger partial charge in [-0.2, -0.15) is 0 Å². The van der Waals surface area contributed by atoms with Gasteiger partial charge in [0.2, 0.25) is 0 Å². The van der Waals surface area contributed by atoms with E-state index in [1.165, 1.54) is 17.6 Å². The summed E-state index contributed by atoms with van der Waals surface area (Å²) in [6.45, 7) is 4.40. The van der Waals surface area contributed by atoms with Crippen LogP contribution in [0.2, 0.25) is 4.34 Å². The van der Waals surface area contributed by atoms with E-state index in [0.29, 0.717) is 4.34 Å². The Kier molecular flexibility index (Phi) is 4.79. The van der Waals surface area contributed by atoms with E-state index >= 15 is 0 Å². The molecule has 0 aliphatic heterocycles. The topological polar surface area (TPSA) is 46.2 Å². The lowest BCUT2D eigenvalue weighted by Gasteiger charge is -2.22. The number of rotatable bonds is 5. The summed E-state index contributed by atoms with van der Waals surface area (Å²) < 4.78 is 23.8. The third-order valence-corrected chi connectivity index (χ3v) is 5.41. The van der Waals surface area contributed by atoms with Crippen molar-refractivity contribution in [3.8, 4) is 0 Å². The fourth-order valence-corrected chi connectivity index (χ4v) is 3.53. The fraction of sp³-hybridized carbons (Fsp3) is 0.600. The van der Waals surface area contributed by atoms with Crippen LogP contribution in [0, 0.1) is 0 Å². The summed E-state index contributed by atoms with van der Waals surface area (Å²) in [5, 5.41) is 2.73. The Morgan fingerprint density at radius 3 is 2.50 bits per heavy atom. The maximum atomic E-state index is 11.6. The van der Waals surface area contributed by atoms with Crippen molar-refractivity contribution >= 4 is 32.8 Å². The van der Waals surface area contributed by atoms with Crippen LogP contribution >= 0.6 is 22.9 Å². The molecule has 0 fully saturated rings. The minimum Gasteiger partial charge on any atom is -0.308 e. The van der Waals surface area contributed by atoms with Gasteiger partial charge in [0.05, 0.1) is 15.6 Å². The third kappa shape index (κ3) is 3.45. The molecule has 0 aromatic carbocycles. The lowest BCUT2D eigenvalue weighted by molar-refractivity contribution is 0.518. The lowest BCUT2D eigenvalue weighted by Crippen LogP contribution is -2.34. The van der Waals surface area contributed by atoms with Gasteiger partial charge in [-0.3, -0.25) is 0 Å². The first kappa shape index (κ1) is 14.0. The molecule has 16 heavy (non-hydrogen) atoms. The van der Waals surface area contributed by atoms with Gasteiger partial charge in [-0.15, -0.1) is 11.3 Å². The highest BCUT2D eigenvalue weighted by Gasteiger charge is 2.27. The zero-order chi connectivity index (χ0) is 12.3.